The van der Waals surface area contributed by atoms with Crippen molar-refractivity contribution >= 4 is 12.0 Å². The van der Waals surface area contributed by atoms with E-state index in [1.807, 2.05) is 0 Å². The van der Waals surface area contributed by atoms with Crippen LogP contribution in [0.1, 0.15) is 5.56 Å². The van der Waals surface area contributed by atoms with Crippen molar-refractivity contribution in [3.63, 3.8) is 0 Å². The number of isocyanates is 1. The van der Waals surface area contributed by atoms with Crippen LogP contribution in [0.15, 0.2) is 29.3 Å². The van der Waals surface area contributed by atoms with Gasteiger partial charge in [0.15, 0.2) is 6.04 Å². The van der Waals surface area contributed by atoms with E-state index in [2.05, 4.69) is 9.73 Å². The van der Waals surface area contributed by atoms with Gasteiger partial charge in [-0.1, -0.05) is 12.1 Å². The van der Waals surface area contributed by atoms with Crippen molar-refractivity contribution in [2.45, 2.75) is 12.5 Å². The number of methoxy groups -OCH3 is 1. The first-order chi connectivity index (χ1) is 7.67. The van der Waals surface area contributed by atoms with Crippen molar-refractivity contribution in [3.05, 3.63) is 29.8 Å². The molecule has 0 unspecified atom stereocenters. The molecule has 0 radical (unpaired) electrons. The molecule has 0 aliphatic heterocycles. The predicted octanol–water partition coefficient (Wildman–Crippen LogP) is 0.812. The quantitative estimate of drug-likeness (QED) is 0.463. The lowest BCUT2D eigenvalue weighted by atomic mass is 10.1. The zero-order valence-electron chi connectivity index (χ0n) is 8.71. The number of esters is 1. The minimum absolute atomic E-state index is 0.136. The fourth-order valence-corrected chi connectivity index (χ4v) is 1.24. The lowest BCUT2D eigenvalue weighted by Gasteiger charge is -2.08. The minimum atomic E-state index is -0.882. The van der Waals surface area contributed by atoms with E-state index in [9.17, 15) is 9.59 Å². The van der Waals surface area contributed by atoms with Crippen molar-refractivity contribution in [1.29, 1.82) is 0 Å². The Labute approximate surface area is 92.4 Å². The van der Waals surface area contributed by atoms with E-state index in [0.29, 0.717) is 0 Å². The number of rotatable bonds is 4. The number of hydrogen-bond acceptors (Lipinski definition) is 5. The summed E-state index contributed by atoms with van der Waals surface area (Å²) in [6, 6.07) is 5.40. The molecular weight excluding hydrogens is 210 g/mol. The number of carbonyl (C=O) groups is 1. The van der Waals surface area contributed by atoms with Gasteiger partial charge in [0, 0.05) is 6.42 Å². The first-order valence-corrected chi connectivity index (χ1v) is 4.60. The summed E-state index contributed by atoms with van der Waals surface area (Å²) < 4.78 is 4.50. The maximum atomic E-state index is 11.2. The third-order valence-corrected chi connectivity index (χ3v) is 2.05. The predicted molar refractivity (Wildman–Crippen MR) is 55.7 cm³/mol. The van der Waals surface area contributed by atoms with E-state index < -0.39 is 12.0 Å². The molecule has 0 bridgehead atoms. The van der Waals surface area contributed by atoms with Gasteiger partial charge in [-0.2, -0.15) is 4.99 Å². The van der Waals surface area contributed by atoms with Gasteiger partial charge in [-0.15, -0.1) is 0 Å². The first-order valence-electron chi connectivity index (χ1n) is 4.60. The Bertz CT molecular complexity index is 406. The van der Waals surface area contributed by atoms with Gasteiger partial charge < -0.3 is 9.84 Å². The summed E-state index contributed by atoms with van der Waals surface area (Å²) in [7, 11) is 1.23. The van der Waals surface area contributed by atoms with Crippen LogP contribution < -0.4 is 0 Å². The van der Waals surface area contributed by atoms with Crippen LogP contribution >= 0.6 is 0 Å². The molecule has 0 heterocycles. The van der Waals surface area contributed by atoms with Crippen LogP contribution in [0.5, 0.6) is 5.75 Å². The topological polar surface area (TPSA) is 76.0 Å². The summed E-state index contributed by atoms with van der Waals surface area (Å²) in [6.07, 6.45) is 1.58. The van der Waals surface area contributed by atoms with Gasteiger partial charge in [0.05, 0.1) is 7.11 Å². The van der Waals surface area contributed by atoms with E-state index in [0.717, 1.165) is 5.56 Å². The molecule has 0 saturated carbocycles. The fraction of sp³-hybridized carbons (Fsp3) is 0.273. The Kier molecular flexibility index (Phi) is 4.24. The summed E-state index contributed by atoms with van der Waals surface area (Å²) in [6.45, 7) is 0. The van der Waals surface area contributed by atoms with Crippen LogP contribution in [-0.2, 0) is 20.7 Å². The van der Waals surface area contributed by atoms with Crippen LogP contribution in [0, 0.1) is 0 Å². The number of hydrogen-bond donors (Lipinski definition) is 1. The monoisotopic (exact) mass is 221 g/mol. The lowest BCUT2D eigenvalue weighted by Crippen LogP contribution is -2.22. The number of ether oxygens (including phenoxy) is 1. The van der Waals surface area contributed by atoms with Gasteiger partial charge in [-0.25, -0.2) is 9.59 Å². The molecule has 0 saturated heterocycles. The molecule has 1 aromatic carbocycles. The maximum absolute atomic E-state index is 11.2. The molecular formula is C11H11NO4. The Morgan fingerprint density at radius 1 is 1.50 bits per heavy atom. The normalized spacial score (nSPS) is 11.3. The van der Waals surface area contributed by atoms with Crippen molar-refractivity contribution in [1.82, 2.24) is 0 Å². The zero-order valence-corrected chi connectivity index (χ0v) is 8.71. The standard InChI is InChI=1S/C11H11NO4/c1-16-11(15)10(12-7-13)6-8-2-4-9(14)5-3-8/h2-5,10,14H,6H2,1H3/t10-/m0/s1. The molecule has 0 fully saturated rings. The van der Waals surface area contributed by atoms with Gasteiger partial charge in [0.25, 0.3) is 0 Å². The molecule has 0 aliphatic rings. The van der Waals surface area contributed by atoms with Crippen LogP contribution in [0.25, 0.3) is 0 Å². The summed E-state index contributed by atoms with van der Waals surface area (Å²) in [5.74, 6) is -0.450. The smallest absolute Gasteiger partial charge is 0.331 e. The Morgan fingerprint density at radius 2 is 2.12 bits per heavy atom. The van der Waals surface area contributed by atoms with Gasteiger partial charge in [0.2, 0.25) is 6.08 Å². The summed E-state index contributed by atoms with van der Waals surface area (Å²) in [5, 5.41) is 9.07. The number of benzene rings is 1. The van der Waals surface area contributed by atoms with Gasteiger partial charge >= 0.3 is 5.97 Å². The van der Waals surface area contributed by atoms with Gasteiger partial charge in [-0.3, -0.25) is 0 Å². The molecule has 1 aromatic rings. The first kappa shape index (κ1) is 11.9. The van der Waals surface area contributed by atoms with Gasteiger partial charge in [-0.05, 0) is 17.7 Å². The van der Waals surface area contributed by atoms with E-state index >= 15 is 0 Å². The summed E-state index contributed by atoms with van der Waals surface area (Å²) >= 11 is 0. The molecule has 5 heteroatoms. The number of carbonyl (C=O) groups excluding carboxylic acids is 2. The maximum Gasteiger partial charge on any atom is 0.331 e. The van der Waals surface area contributed by atoms with E-state index in [-0.39, 0.29) is 12.2 Å². The van der Waals surface area contributed by atoms with Crippen molar-refractivity contribution in [3.8, 4) is 5.75 Å². The third-order valence-electron chi connectivity index (χ3n) is 2.05. The Balaban J connectivity index is 2.79. The Morgan fingerprint density at radius 3 is 2.62 bits per heavy atom. The highest BCUT2D eigenvalue weighted by Gasteiger charge is 2.18. The highest BCUT2D eigenvalue weighted by Crippen LogP contribution is 2.12. The van der Waals surface area contributed by atoms with Crippen molar-refractivity contribution in [2.75, 3.05) is 7.11 Å². The van der Waals surface area contributed by atoms with Crippen molar-refractivity contribution in [2.24, 2.45) is 4.99 Å². The molecule has 5 nitrogen and oxygen atoms in total. The number of aliphatic imine (C=N–C) groups is 1. The summed E-state index contributed by atoms with van der Waals surface area (Å²) in [4.78, 5) is 24.7. The largest absolute Gasteiger partial charge is 0.508 e. The number of phenols is 1. The average Bonchev–Trinajstić information content (AvgIpc) is 2.30. The van der Waals surface area contributed by atoms with Crippen molar-refractivity contribution < 1.29 is 19.4 Å². The third kappa shape index (κ3) is 3.22. The van der Waals surface area contributed by atoms with Gasteiger partial charge in [0.1, 0.15) is 5.75 Å². The highest BCUT2D eigenvalue weighted by molar-refractivity contribution is 5.77. The number of nitrogens with zero attached hydrogens (tertiary/aromatic N) is 1. The molecule has 1 N–H and O–H groups in total. The molecule has 0 aromatic heterocycles. The fourth-order valence-electron chi connectivity index (χ4n) is 1.24. The average molecular weight is 221 g/mol. The van der Waals surface area contributed by atoms with Crippen LogP contribution in [0.3, 0.4) is 0 Å². The molecule has 0 amide bonds. The lowest BCUT2D eigenvalue weighted by molar-refractivity contribution is -0.142. The highest BCUT2D eigenvalue weighted by atomic mass is 16.5. The summed E-state index contributed by atoms with van der Waals surface area (Å²) in [5.41, 5.74) is 0.771. The van der Waals surface area contributed by atoms with E-state index in [1.54, 1.807) is 12.1 Å². The SMILES string of the molecule is COC(=O)[C@H](Cc1ccc(O)cc1)N=C=O. The van der Waals surface area contributed by atoms with E-state index in [4.69, 9.17) is 5.11 Å². The van der Waals surface area contributed by atoms with E-state index in [1.165, 1.54) is 25.3 Å². The molecule has 84 valence electrons. The number of aromatic hydroxyl groups is 1. The second-order valence-corrected chi connectivity index (χ2v) is 3.13. The molecule has 1 atom stereocenters. The van der Waals surface area contributed by atoms with Crippen LogP contribution in [-0.4, -0.2) is 30.3 Å². The minimum Gasteiger partial charge on any atom is -0.508 e. The molecule has 0 spiro atoms. The molecule has 0 aliphatic carbocycles. The zero-order chi connectivity index (χ0) is 12.0. The van der Waals surface area contributed by atoms with Crippen LogP contribution in [0.4, 0.5) is 0 Å². The Hall–Kier alpha value is -2.13. The second-order valence-electron chi connectivity index (χ2n) is 3.13. The van der Waals surface area contributed by atoms with Crippen LogP contribution in [0.2, 0.25) is 0 Å². The molecule has 16 heavy (non-hydrogen) atoms. The number of phenolic OH excluding ortho intramolecular Hbond substituents is 1. The molecule has 1 rings (SSSR count). The second kappa shape index (κ2) is 5.68.